The van der Waals surface area contributed by atoms with Gasteiger partial charge in [-0.2, -0.15) is 0 Å². The molecule has 6 nitrogen and oxygen atoms in total. The highest BCUT2D eigenvalue weighted by molar-refractivity contribution is 6.07. The third-order valence-electron chi connectivity index (χ3n) is 8.64. The molecule has 158 valence electrons. The second-order valence-corrected chi connectivity index (χ2v) is 10.1. The van der Waals surface area contributed by atoms with Crippen molar-refractivity contribution in [3.63, 3.8) is 0 Å². The molecule has 0 unspecified atom stereocenters. The Morgan fingerprint density at radius 2 is 0.833 bits per heavy atom. The van der Waals surface area contributed by atoms with Crippen LogP contribution in [0, 0.1) is 47.3 Å². The van der Waals surface area contributed by atoms with E-state index in [-0.39, 0.29) is 71.0 Å². The van der Waals surface area contributed by atoms with Gasteiger partial charge >= 0.3 is 0 Å². The number of nitrogens with zero attached hydrogens (tertiary/aromatic N) is 2. The zero-order valence-corrected chi connectivity index (χ0v) is 17.1. The number of allylic oxidation sites excluding steroid dienone is 4. The number of carbonyl (C=O) groups is 4. The van der Waals surface area contributed by atoms with Crippen molar-refractivity contribution in [3.8, 4) is 0 Å². The Morgan fingerprint density at radius 1 is 0.533 bits per heavy atom. The molecule has 4 aliphatic carbocycles. The summed E-state index contributed by atoms with van der Waals surface area (Å²) in [5.41, 5.74) is 0. The monoisotopic (exact) mass is 408 g/mol. The Balaban J connectivity index is 0.954. The SMILES string of the molecule is O=C1[C@H]2[C@H](C(=O)N1CCCCCCN1C(=O)[C@H]3[C@H](C1=O)[C@H]1C=C[C@H]3C1)[C@H]1C=C[C@H]2C1. The van der Waals surface area contributed by atoms with Gasteiger partial charge in [0.25, 0.3) is 0 Å². The molecule has 0 aromatic carbocycles. The third kappa shape index (κ3) is 2.42. The van der Waals surface area contributed by atoms with Crippen molar-refractivity contribution < 1.29 is 19.2 Å². The molecule has 2 aliphatic heterocycles. The fourth-order valence-electron chi connectivity index (χ4n) is 7.26. The topological polar surface area (TPSA) is 74.8 Å². The van der Waals surface area contributed by atoms with E-state index in [0.29, 0.717) is 13.1 Å². The molecule has 8 atom stereocenters. The highest BCUT2D eigenvalue weighted by atomic mass is 16.2. The molecule has 6 rings (SSSR count). The number of rotatable bonds is 7. The normalized spacial score (nSPS) is 42.4. The van der Waals surface area contributed by atoms with E-state index in [1.54, 1.807) is 0 Å². The standard InChI is InChI=1S/C24H28N2O4/c27-21-17-13-5-6-14(11-13)18(17)22(28)25(21)9-3-1-2-4-10-26-23(29)19-15-7-8-16(12-15)20(19)24(26)30/h5-8,13-20H,1-4,9-12H2/t13-,14-,15-,16-,17+,18+,19+,20+/m0/s1. The van der Waals surface area contributed by atoms with Crippen molar-refractivity contribution >= 4 is 23.6 Å². The van der Waals surface area contributed by atoms with E-state index in [2.05, 4.69) is 24.3 Å². The van der Waals surface area contributed by atoms with Crippen LogP contribution in [-0.4, -0.2) is 46.5 Å². The van der Waals surface area contributed by atoms with Crippen molar-refractivity contribution in [3.05, 3.63) is 24.3 Å². The maximum atomic E-state index is 12.7. The van der Waals surface area contributed by atoms with Crippen molar-refractivity contribution in [2.45, 2.75) is 38.5 Å². The number of unbranched alkanes of at least 4 members (excludes halogenated alkanes) is 3. The minimum Gasteiger partial charge on any atom is -0.282 e. The van der Waals surface area contributed by atoms with Crippen LogP contribution < -0.4 is 0 Å². The lowest BCUT2D eigenvalue weighted by Crippen LogP contribution is -2.34. The Morgan fingerprint density at radius 3 is 1.13 bits per heavy atom. The first-order valence-electron chi connectivity index (χ1n) is 11.6. The fraction of sp³-hybridized carbons (Fsp3) is 0.667. The average Bonchev–Trinajstić information content (AvgIpc) is 3.56. The molecule has 0 radical (unpaired) electrons. The quantitative estimate of drug-likeness (QED) is 0.368. The molecule has 2 saturated carbocycles. The Hall–Kier alpha value is -2.24. The maximum absolute atomic E-state index is 12.7. The minimum atomic E-state index is -0.107. The molecule has 2 saturated heterocycles. The summed E-state index contributed by atoms with van der Waals surface area (Å²) in [5.74, 6) is 0.762. The predicted octanol–water partition coefficient (Wildman–Crippen LogP) is 2.16. The summed E-state index contributed by atoms with van der Waals surface area (Å²) in [7, 11) is 0. The highest BCUT2D eigenvalue weighted by Gasteiger charge is 2.60. The average molecular weight is 408 g/mol. The lowest BCUT2D eigenvalue weighted by atomic mass is 9.85. The summed E-state index contributed by atoms with van der Waals surface area (Å²) >= 11 is 0. The van der Waals surface area contributed by atoms with Crippen LogP contribution in [0.25, 0.3) is 0 Å². The van der Waals surface area contributed by atoms with E-state index >= 15 is 0 Å². The van der Waals surface area contributed by atoms with Crippen LogP contribution in [0.15, 0.2) is 24.3 Å². The molecule has 30 heavy (non-hydrogen) atoms. The van der Waals surface area contributed by atoms with Crippen LogP contribution in [0.4, 0.5) is 0 Å². The van der Waals surface area contributed by atoms with Gasteiger partial charge in [-0.1, -0.05) is 37.1 Å². The number of hydrogen-bond acceptors (Lipinski definition) is 4. The van der Waals surface area contributed by atoms with Crippen LogP contribution in [0.2, 0.25) is 0 Å². The zero-order chi connectivity index (χ0) is 20.6. The summed E-state index contributed by atoms with van der Waals surface area (Å²) in [6.07, 6.45) is 13.8. The third-order valence-corrected chi connectivity index (χ3v) is 8.64. The molecular weight excluding hydrogens is 380 g/mol. The molecule has 0 N–H and O–H groups in total. The maximum Gasteiger partial charge on any atom is 0.233 e. The second-order valence-electron chi connectivity index (χ2n) is 10.1. The fourth-order valence-corrected chi connectivity index (χ4v) is 7.26. The summed E-state index contributed by atoms with van der Waals surface area (Å²) in [5, 5.41) is 0. The van der Waals surface area contributed by atoms with Crippen molar-refractivity contribution in [1.82, 2.24) is 9.80 Å². The highest BCUT2D eigenvalue weighted by Crippen LogP contribution is 2.53. The van der Waals surface area contributed by atoms with E-state index in [9.17, 15) is 19.2 Å². The van der Waals surface area contributed by atoms with Crippen molar-refractivity contribution in [2.75, 3.05) is 13.1 Å². The number of carbonyl (C=O) groups excluding carboxylic acids is 4. The van der Waals surface area contributed by atoms with Gasteiger partial charge in [0.1, 0.15) is 0 Å². The number of amides is 4. The molecule has 2 heterocycles. The van der Waals surface area contributed by atoms with Gasteiger partial charge in [-0.05, 0) is 49.4 Å². The lowest BCUT2D eigenvalue weighted by molar-refractivity contribution is -0.142. The number of hydrogen-bond donors (Lipinski definition) is 0. The van der Waals surface area contributed by atoms with Gasteiger partial charge in [-0.25, -0.2) is 0 Å². The van der Waals surface area contributed by atoms with Gasteiger partial charge < -0.3 is 0 Å². The molecule has 6 aliphatic rings. The van der Waals surface area contributed by atoms with E-state index in [1.807, 2.05) is 0 Å². The number of likely N-dealkylation sites (tertiary alicyclic amines) is 2. The smallest absolute Gasteiger partial charge is 0.233 e. The zero-order valence-electron chi connectivity index (χ0n) is 17.1. The first kappa shape index (κ1) is 18.5. The molecule has 0 aromatic heterocycles. The van der Waals surface area contributed by atoms with Gasteiger partial charge in [0.05, 0.1) is 23.7 Å². The van der Waals surface area contributed by atoms with E-state index in [4.69, 9.17) is 0 Å². The molecule has 4 fully saturated rings. The summed E-state index contributed by atoms with van der Waals surface area (Å²) in [6, 6.07) is 0. The number of fused-ring (bicyclic) bond motifs is 10. The predicted molar refractivity (Wildman–Crippen MR) is 107 cm³/mol. The first-order chi connectivity index (χ1) is 14.6. The first-order valence-corrected chi connectivity index (χ1v) is 11.6. The Labute approximate surface area is 176 Å². The summed E-state index contributed by atoms with van der Waals surface area (Å²) < 4.78 is 0. The van der Waals surface area contributed by atoms with Crippen molar-refractivity contribution in [1.29, 1.82) is 0 Å². The number of imide groups is 2. The molecule has 0 aromatic rings. The van der Waals surface area contributed by atoms with Crippen molar-refractivity contribution in [2.24, 2.45) is 47.3 Å². The van der Waals surface area contributed by atoms with Crippen LogP contribution in [0.1, 0.15) is 38.5 Å². The van der Waals surface area contributed by atoms with Crippen LogP contribution in [-0.2, 0) is 19.2 Å². The van der Waals surface area contributed by atoms with Gasteiger partial charge in [-0.3, -0.25) is 29.0 Å². The van der Waals surface area contributed by atoms with Crippen LogP contribution in [0.3, 0.4) is 0 Å². The minimum absolute atomic E-state index is 0.0323. The van der Waals surface area contributed by atoms with Crippen LogP contribution >= 0.6 is 0 Å². The largest absolute Gasteiger partial charge is 0.282 e. The Bertz CT molecular complexity index is 760. The molecule has 4 bridgehead atoms. The molecule has 6 heteroatoms. The lowest BCUT2D eigenvalue weighted by Gasteiger charge is -2.18. The van der Waals surface area contributed by atoms with E-state index in [0.717, 1.165) is 38.5 Å². The van der Waals surface area contributed by atoms with Gasteiger partial charge in [0.15, 0.2) is 0 Å². The summed E-state index contributed by atoms with van der Waals surface area (Å²) in [6.45, 7) is 1.01. The van der Waals surface area contributed by atoms with E-state index in [1.165, 1.54) is 9.80 Å². The van der Waals surface area contributed by atoms with Gasteiger partial charge in [0, 0.05) is 13.1 Å². The van der Waals surface area contributed by atoms with Gasteiger partial charge in [0.2, 0.25) is 23.6 Å². The molecule has 0 spiro atoms. The Kier molecular flexibility index (Phi) is 4.09. The van der Waals surface area contributed by atoms with E-state index < -0.39 is 0 Å². The second kappa shape index (κ2) is 6.63. The molecule has 4 amide bonds. The van der Waals surface area contributed by atoms with Gasteiger partial charge in [-0.15, -0.1) is 0 Å². The van der Waals surface area contributed by atoms with Crippen LogP contribution in [0.5, 0.6) is 0 Å². The molecular formula is C24H28N2O4. The summed E-state index contributed by atoms with van der Waals surface area (Å²) in [4.78, 5) is 53.8.